The Morgan fingerprint density at radius 1 is 1.47 bits per heavy atom. The Hall–Kier alpha value is -1.20. The van der Waals surface area contributed by atoms with Crippen LogP contribution in [0.1, 0.15) is 28.7 Å². The van der Waals surface area contributed by atoms with E-state index in [9.17, 15) is 4.79 Å². The fourth-order valence-corrected chi connectivity index (χ4v) is 2.40. The van der Waals surface area contributed by atoms with E-state index in [1.54, 1.807) is 17.9 Å². The summed E-state index contributed by atoms with van der Waals surface area (Å²) in [6.45, 7) is 6.66. The summed E-state index contributed by atoms with van der Waals surface area (Å²) in [7, 11) is 0. The summed E-state index contributed by atoms with van der Waals surface area (Å²) >= 11 is 5.83. The van der Waals surface area contributed by atoms with E-state index in [1.807, 2.05) is 13.8 Å². The number of ether oxygens (including phenoxy) is 1. The fourth-order valence-electron chi connectivity index (χ4n) is 2.23. The van der Waals surface area contributed by atoms with Crippen LogP contribution in [0.4, 0.5) is 0 Å². The van der Waals surface area contributed by atoms with Gasteiger partial charge in [0, 0.05) is 13.1 Å². The van der Waals surface area contributed by atoms with E-state index >= 15 is 0 Å². The first kappa shape index (κ1) is 14.2. The molecule has 2 unspecified atom stereocenters. The molecule has 1 saturated heterocycles. The summed E-state index contributed by atoms with van der Waals surface area (Å²) in [5, 5.41) is 7.94. The number of alkyl halides is 1. The SMILES string of the molecule is Cc1cc(C(=O)N2CC(C)OC(CCl)C2)c(C)nn1. The van der Waals surface area contributed by atoms with Gasteiger partial charge in [-0.25, -0.2) is 0 Å². The van der Waals surface area contributed by atoms with Gasteiger partial charge < -0.3 is 9.64 Å². The van der Waals surface area contributed by atoms with Gasteiger partial charge in [0.1, 0.15) is 0 Å². The quantitative estimate of drug-likeness (QED) is 0.773. The first-order valence-electron chi connectivity index (χ1n) is 6.33. The van der Waals surface area contributed by atoms with Crippen LogP contribution in [0.3, 0.4) is 0 Å². The molecule has 1 fully saturated rings. The summed E-state index contributed by atoms with van der Waals surface area (Å²) in [5.74, 6) is 0.363. The number of amides is 1. The number of hydrogen-bond donors (Lipinski definition) is 0. The lowest BCUT2D eigenvalue weighted by Crippen LogP contribution is -2.50. The highest BCUT2D eigenvalue weighted by Crippen LogP contribution is 2.16. The van der Waals surface area contributed by atoms with Crippen molar-refractivity contribution in [2.45, 2.75) is 33.0 Å². The van der Waals surface area contributed by atoms with E-state index < -0.39 is 0 Å². The molecule has 1 amide bonds. The van der Waals surface area contributed by atoms with Gasteiger partial charge in [0.25, 0.3) is 5.91 Å². The van der Waals surface area contributed by atoms with Crippen molar-refractivity contribution in [1.82, 2.24) is 15.1 Å². The highest BCUT2D eigenvalue weighted by molar-refractivity contribution is 6.18. The molecular formula is C13H18ClN3O2. The van der Waals surface area contributed by atoms with Crippen molar-refractivity contribution in [2.24, 2.45) is 0 Å². The Bertz CT molecular complexity index is 481. The zero-order valence-corrected chi connectivity index (χ0v) is 12.1. The standard InChI is InChI=1S/C13H18ClN3O2/c1-8-4-12(10(3)16-15-8)13(18)17-6-9(2)19-11(5-14)7-17/h4,9,11H,5-7H2,1-3H3. The topological polar surface area (TPSA) is 55.3 Å². The normalized spacial score (nSPS) is 23.5. The van der Waals surface area contributed by atoms with Crippen LogP contribution >= 0.6 is 11.6 Å². The second-order valence-electron chi connectivity index (χ2n) is 4.92. The van der Waals surface area contributed by atoms with Gasteiger partial charge in [-0.1, -0.05) is 0 Å². The number of hydrogen-bond acceptors (Lipinski definition) is 4. The lowest BCUT2D eigenvalue weighted by atomic mass is 10.1. The molecule has 0 aliphatic carbocycles. The molecule has 0 radical (unpaired) electrons. The minimum absolute atomic E-state index is 0.00218. The smallest absolute Gasteiger partial charge is 0.256 e. The molecule has 2 atom stereocenters. The highest BCUT2D eigenvalue weighted by Gasteiger charge is 2.29. The van der Waals surface area contributed by atoms with Gasteiger partial charge in [0.05, 0.1) is 35.0 Å². The monoisotopic (exact) mass is 283 g/mol. The Labute approximate surface area is 117 Å². The molecule has 1 aliphatic heterocycles. The minimum atomic E-state index is -0.106. The van der Waals surface area contributed by atoms with Crippen LogP contribution in [0.15, 0.2) is 6.07 Å². The third-order valence-corrected chi connectivity index (χ3v) is 3.46. The summed E-state index contributed by atoms with van der Waals surface area (Å²) < 4.78 is 5.65. The van der Waals surface area contributed by atoms with Crippen molar-refractivity contribution in [1.29, 1.82) is 0 Å². The van der Waals surface area contributed by atoms with Gasteiger partial charge in [-0.15, -0.1) is 11.6 Å². The van der Waals surface area contributed by atoms with Gasteiger partial charge in [-0.05, 0) is 26.8 Å². The maximum absolute atomic E-state index is 12.5. The number of halogens is 1. The maximum atomic E-state index is 12.5. The molecule has 2 heterocycles. The molecular weight excluding hydrogens is 266 g/mol. The Kier molecular flexibility index (Phi) is 4.37. The van der Waals surface area contributed by atoms with Gasteiger partial charge >= 0.3 is 0 Å². The van der Waals surface area contributed by atoms with E-state index in [0.29, 0.717) is 30.2 Å². The van der Waals surface area contributed by atoms with Crippen LogP contribution in [0.5, 0.6) is 0 Å². The number of morpholine rings is 1. The fraction of sp³-hybridized carbons (Fsp3) is 0.615. The molecule has 5 nitrogen and oxygen atoms in total. The predicted octanol–water partition coefficient (Wildman–Crippen LogP) is 1.56. The third-order valence-electron chi connectivity index (χ3n) is 3.12. The van der Waals surface area contributed by atoms with Crippen LogP contribution in [0.25, 0.3) is 0 Å². The molecule has 104 valence electrons. The minimum Gasteiger partial charge on any atom is -0.370 e. The molecule has 19 heavy (non-hydrogen) atoms. The molecule has 1 aromatic heterocycles. The molecule has 0 N–H and O–H groups in total. The van der Waals surface area contributed by atoms with Gasteiger partial charge in [0.2, 0.25) is 0 Å². The highest BCUT2D eigenvalue weighted by atomic mass is 35.5. The number of carbonyl (C=O) groups is 1. The molecule has 1 aromatic rings. The summed E-state index contributed by atoms with van der Waals surface area (Å²) in [5.41, 5.74) is 2.00. The predicted molar refractivity (Wildman–Crippen MR) is 72.5 cm³/mol. The number of rotatable bonds is 2. The van der Waals surface area contributed by atoms with Gasteiger partial charge in [-0.2, -0.15) is 10.2 Å². The first-order valence-corrected chi connectivity index (χ1v) is 6.86. The zero-order chi connectivity index (χ0) is 14.0. The van der Waals surface area contributed by atoms with Gasteiger partial charge in [-0.3, -0.25) is 4.79 Å². The second-order valence-corrected chi connectivity index (χ2v) is 5.23. The van der Waals surface area contributed by atoms with Crippen molar-refractivity contribution in [3.63, 3.8) is 0 Å². The molecule has 6 heteroatoms. The molecule has 2 rings (SSSR count). The number of aromatic nitrogens is 2. The summed E-state index contributed by atoms with van der Waals surface area (Å²) in [4.78, 5) is 14.3. The average molecular weight is 284 g/mol. The van der Waals surface area contributed by atoms with Crippen LogP contribution in [-0.4, -0.2) is 52.2 Å². The van der Waals surface area contributed by atoms with Crippen molar-refractivity contribution < 1.29 is 9.53 Å². The lowest BCUT2D eigenvalue weighted by molar-refractivity contribution is -0.0570. The first-order chi connectivity index (χ1) is 9.01. The molecule has 0 spiro atoms. The Morgan fingerprint density at radius 3 is 2.89 bits per heavy atom. The Balaban J connectivity index is 2.21. The lowest BCUT2D eigenvalue weighted by Gasteiger charge is -2.36. The van der Waals surface area contributed by atoms with Crippen LogP contribution in [-0.2, 0) is 4.74 Å². The van der Waals surface area contributed by atoms with E-state index in [2.05, 4.69) is 10.2 Å². The zero-order valence-electron chi connectivity index (χ0n) is 11.4. The van der Waals surface area contributed by atoms with Crippen LogP contribution in [0, 0.1) is 13.8 Å². The number of aryl methyl sites for hydroxylation is 2. The molecule has 0 aromatic carbocycles. The molecule has 1 aliphatic rings. The average Bonchev–Trinajstić information content (AvgIpc) is 2.40. The maximum Gasteiger partial charge on any atom is 0.256 e. The van der Waals surface area contributed by atoms with E-state index in [0.717, 1.165) is 5.69 Å². The largest absolute Gasteiger partial charge is 0.370 e. The van der Waals surface area contributed by atoms with Crippen LogP contribution in [0.2, 0.25) is 0 Å². The van der Waals surface area contributed by atoms with Crippen LogP contribution < -0.4 is 0 Å². The van der Waals surface area contributed by atoms with E-state index in [1.165, 1.54) is 0 Å². The second kappa shape index (κ2) is 5.84. The number of nitrogens with zero attached hydrogens (tertiary/aromatic N) is 3. The number of carbonyl (C=O) groups excluding carboxylic acids is 1. The van der Waals surface area contributed by atoms with Crippen molar-refractivity contribution >= 4 is 17.5 Å². The van der Waals surface area contributed by atoms with Crippen molar-refractivity contribution in [3.8, 4) is 0 Å². The Morgan fingerprint density at radius 2 is 2.21 bits per heavy atom. The van der Waals surface area contributed by atoms with E-state index in [-0.39, 0.29) is 18.1 Å². The third kappa shape index (κ3) is 3.22. The summed E-state index contributed by atoms with van der Waals surface area (Å²) in [6, 6.07) is 1.78. The van der Waals surface area contributed by atoms with Crippen molar-refractivity contribution in [3.05, 3.63) is 23.0 Å². The molecule has 0 saturated carbocycles. The molecule has 0 bridgehead atoms. The van der Waals surface area contributed by atoms with Gasteiger partial charge in [0.15, 0.2) is 0 Å². The van der Waals surface area contributed by atoms with Crippen molar-refractivity contribution in [2.75, 3.05) is 19.0 Å². The van der Waals surface area contributed by atoms with E-state index in [4.69, 9.17) is 16.3 Å². The summed E-state index contributed by atoms with van der Waals surface area (Å²) in [6.07, 6.45) is -0.108.